The Morgan fingerprint density at radius 3 is 2.62 bits per heavy atom. The molecule has 124 valence electrons. The van der Waals surface area contributed by atoms with Crippen LogP contribution in [0.3, 0.4) is 0 Å². The topological polar surface area (TPSA) is 76.7 Å². The molecule has 0 bridgehead atoms. The molecule has 0 spiro atoms. The van der Waals surface area contributed by atoms with Crippen LogP contribution in [0.5, 0.6) is 0 Å². The first-order chi connectivity index (χ1) is 11.5. The molecule has 1 aromatic carbocycles. The largest absolute Gasteiger partial charge is 0.414 e. The van der Waals surface area contributed by atoms with Crippen LogP contribution < -0.4 is 5.32 Å². The summed E-state index contributed by atoms with van der Waals surface area (Å²) in [4.78, 5) is 8.14. The fraction of sp³-hybridized carbons (Fsp3) is 0.200. The zero-order chi connectivity index (χ0) is 17.1. The number of nitrogens with zero attached hydrogens (tertiary/aromatic N) is 4. The van der Waals surface area contributed by atoms with Crippen LogP contribution in [0, 0.1) is 5.82 Å². The molecule has 2 heterocycles. The van der Waals surface area contributed by atoms with E-state index >= 15 is 0 Å². The molecular formula is C15H12F3N5O. The lowest BCUT2D eigenvalue weighted by molar-refractivity contribution is 0.116. The van der Waals surface area contributed by atoms with Crippen molar-refractivity contribution in [2.45, 2.75) is 19.4 Å². The molecule has 3 rings (SSSR count). The highest BCUT2D eigenvalue weighted by Crippen LogP contribution is 2.24. The van der Waals surface area contributed by atoms with Crippen LogP contribution in [0.2, 0.25) is 0 Å². The van der Waals surface area contributed by atoms with E-state index in [9.17, 15) is 13.2 Å². The van der Waals surface area contributed by atoms with Crippen LogP contribution in [0.15, 0.2) is 40.9 Å². The molecule has 6 nitrogen and oxygen atoms in total. The van der Waals surface area contributed by atoms with Gasteiger partial charge >= 0.3 is 6.43 Å². The number of halogens is 3. The highest BCUT2D eigenvalue weighted by atomic mass is 19.3. The lowest BCUT2D eigenvalue weighted by atomic mass is 10.1. The minimum Gasteiger partial charge on any atom is -0.414 e. The van der Waals surface area contributed by atoms with Crippen molar-refractivity contribution < 1.29 is 17.6 Å². The monoisotopic (exact) mass is 335 g/mol. The average Bonchev–Trinajstić information content (AvgIpc) is 3.06. The van der Waals surface area contributed by atoms with Gasteiger partial charge in [-0.2, -0.15) is 8.78 Å². The van der Waals surface area contributed by atoms with Gasteiger partial charge in [-0.1, -0.05) is 18.2 Å². The van der Waals surface area contributed by atoms with Crippen molar-refractivity contribution in [2.24, 2.45) is 0 Å². The summed E-state index contributed by atoms with van der Waals surface area (Å²) in [5.74, 6) is -1.10. The highest BCUT2D eigenvalue weighted by Gasteiger charge is 2.18. The molecular weight excluding hydrogens is 323 g/mol. The summed E-state index contributed by atoms with van der Waals surface area (Å²) in [7, 11) is 0. The third kappa shape index (κ3) is 3.34. The molecule has 0 amide bonds. The average molecular weight is 335 g/mol. The van der Waals surface area contributed by atoms with Crippen LogP contribution in [-0.2, 0) is 0 Å². The molecule has 24 heavy (non-hydrogen) atoms. The smallest absolute Gasteiger partial charge is 0.314 e. The van der Waals surface area contributed by atoms with Gasteiger partial charge in [-0.05, 0) is 19.1 Å². The number of anilines is 1. The summed E-state index contributed by atoms with van der Waals surface area (Å²) < 4.78 is 43.6. The Bertz CT molecular complexity index is 839. The summed E-state index contributed by atoms with van der Waals surface area (Å²) in [5.41, 5.74) is 0.636. The molecule has 0 aliphatic carbocycles. The summed E-state index contributed by atoms with van der Waals surface area (Å²) in [5, 5.41) is 9.71. The number of benzene rings is 1. The molecule has 0 aliphatic rings. The first-order valence-corrected chi connectivity index (χ1v) is 7.00. The Morgan fingerprint density at radius 1 is 1.12 bits per heavy atom. The van der Waals surface area contributed by atoms with Crippen molar-refractivity contribution in [3.05, 3.63) is 53.8 Å². The van der Waals surface area contributed by atoms with Gasteiger partial charge in [-0.3, -0.25) is 0 Å². The molecule has 3 aromatic rings. The van der Waals surface area contributed by atoms with Gasteiger partial charge in [0, 0.05) is 11.8 Å². The van der Waals surface area contributed by atoms with Gasteiger partial charge in [0.2, 0.25) is 5.95 Å². The number of rotatable bonds is 5. The maximum Gasteiger partial charge on any atom is 0.314 e. The van der Waals surface area contributed by atoms with Crippen LogP contribution in [0.1, 0.15) is 30.8 Å². The van der Waals surface area contributed by atoms with Gasteiger partial charge < -0.3 is 9.73 Å². The lowest BCUT2D eigenvalue weighted by Crippen LogP contribution is -2.11. The SMILES string of the molecule is CC(Nc1nccc(-c2nnc(C(F)F)o2)n1)c1ccccc1F. The predicted molar refractivity (Wildman–Crippen MR) is 78.7 cm³/mol. The summed E-state index contributed by atoms with van der Waals surface area (Å²) in [6.07, 6.45) is -1.45. The van der Waals surface area contributed by atoms with Crippen molar-refractivity contribution in [1.29, 1.82) is 0 Å². The first kappa shape index (κ1) is 15.9. The zero-order valence-electron chi connectivity index (χ0n) is 12.4. The van der Waals surface area contributed by atoms with Gasteiger partial charge in [-0.25, -0.2) is 14.4 Å². The third-order valence-corrected chi connectivity index (χ3v) is 3.22. The van der Waals surface area contributed by atoms with E-state index in [0.29, 0.717) is 5.56 Å². The maximum atomic E-state index is 13.8. The fourth-order valence-electron chi connectivity index (χ4n) is 2.07. The number of hydrogen-bond acceptors (Lipinski definition) is 6. The van der Waals surface area contributed by atoms with E-state index in [-0.39, 0.29) is 23.4 Å². The summed E-state index contributed by atoms with van der Waals surface area (Å²) >= 11 is 0. The molecule has 1 atom stereocenters. The van der Waals surface area contributed by atoms with Crippen molar-refractivity contribution in [3.8, 4) is 11.6 Å². The second-order valence-corrected chi connectivity index (χ2v) is 4.90. The van der Waals surface area contributed by atoms with Crippen LogP contribution in [-0.4, -0.2) is 20.2 Å². The van der Waals surface area contributed by atoms with E-state index in [1.165, 1.54) is 18.3 Å². The zero-order valence-corrected chi connectivity index (χ0v) is 12.4. The van der Waals surface area contributed by atoms with E-state index in [1.807, 2.05) is 0 Å². The number of hydrogen-bond donors (Lipinski definition) is 1. The van der Waals surface area contributed by atoms with Crippen molar-refractivity contribution in [2.75, 3.05) is 5.32 Å². The second kappa shape index (κ2) is 6.65. The predicted octanol–water partition coefficient (Wildman–Crippen LogP) is 3.78. The number of alkyl halides is 2. The molecule has 0 radical (unpaired) electrons. The lowest BCUT2D eigenvalue weighted by Gasteiger charge is -2.14. The summed E-state index contributed by atoms with van der Waals surface area (Å²) in [6, 6.07) is 7.36. The van der Waals surface area contributed by atoms with Gasteiger partial charge in [0.1, 0.15) is 11.5 Å². The molecule has 1 unspecified atom stereocenters. The molecule has 1 N–H and O–H groups in total. The van der Waals surface area contributed by atoms with Gasteiger partial charge in [0.25, 0.3) is 11.8 Å². The van der Waals surface area contributed by atoms with E-state index in [4.69, 9.17) is 4.42 Å². The highest BCUT2D eigenvalue weighted by molar-refractivity contribution is 5.48. The molecule has 0 fully saturated rings. The number of aromatic nitrogens is 4. The minimum absolute atomic E-state index is 0.144. The molecule has 9 heteroatoms. The van der Waals surface area contributed by atoms with Crippen molar-refractivity contribution >= 4 is 5.95 Å². The Labute approximate surface area is 134 Å². The van der Waals surface area contributed by atoms with Crippen LogP contribution in [0.4, 0.5) is 19.1 Å². The van der Waals surface area contributed by atoms with Gasteiger partial charge in [-0.15, -0.1) is 10.2 Å². The third-order valence-electron chi connectivity index (χ3n) is 3.22. The molecule has 0 aliphatic heterocycles. The number of nitrogens with one attached hydrogen (secondary N) is 1. The van der Waals surface area contributed by atoms with Crippen LogP contribution in [0.25, 0.3) is 11.6 Å². The Hall–Kier alpha value is -2.97. The van der Waals surface area contributed by atoms with Crippen LogP contribution >= 0.6 is 0 Å². The minimum atomic E-state index is -2.85. The first-order valence-electron chi connectivity index (χ1n) is 7.00. The van der Waals surface area contributed by atoms with Gasteiger partial charge in [0.05, 0.1) is 6.04 Å². The van der Waals surface area contributed by atoms with E-state index in [2.05, 4.69) is 25.5 Å². The Morgan fingerprint density at radius 2 is 1.92 bits per heavy atom. The quantitative estimate of drug-likeness (QED) is 0.765. The molecule has 0 saturated carbocycles. The van der Waals surface area contributed by atoms with Crippen molar-refractivity contribution in [1.82, 2.24) is 20.2 Å². The summed E-state index contributed by atoms with van der Waals surface area (Å²) in [6.45, 7) is 1.75. The van der Waals surface area contributed by atoms with Crippen molar-refractivity contribution in [3.63, 3.8) is 0 Å². The normalized spacial score (nSPS) is 12.4. The Kier molecular flexibility index (Phi) is 4.41. The second-order valence-electron chi connectivity index (χ2n) is 4.90. The molecule has 0 saturated heterocycles. The molecule has 2 aromatic heterocycles. The Balaban J connectivity index is 1.81. The van der Waals surface area contributed by atoms with E-state index < -0.39 is 18.4 Å². The maximum absolute atomic E-state index is 13.8. The van der Waals surface area contributed by atoms with Gasteiger partial charge in [0.15, 0.2) is 0 Å². The van der Waals surface area contributed by atoms with E-state index in [0.717, 1.165) is 0 Å². The standard InChI is InChI=1S/C15H12F3N5O/c1-8(9-4-2-3-5-10(9)16)20-15-19-7-6-11(21-15)13-22-23-14(24-13)12(17)18/h2-8,12H,1H3,(H,19,20,21). The van der Waals surface area contributed by atoms with E-state index in [1.54, 1.807) is 25.1 Å². The fourth-order valence-corrected chi connectivity index (χ4v) is 2.07.